The Hall–Kier alpha value is -5.74. The van der Waals surface area contributed by atoms with Crippen LogP contribution in [0.2, 0.25) is 0 Å². The highest BCUT2D eigenvalue weighted by Crippen LogP contribution is 2.42. The zero-order valence-electron chi connectivity index (χ0n) is 41.3. The van der Waals surface area contributed by atoms with Crippen LogP contribution in [0, 0.1) is 41.4 Å². The second-order valence-electron chi connectivity index (χ2n) is 20.2. The molecule has 15 nitrogen and oxygen atoms in total. The van der Waals surface area contributed by atoms with Crippen molar-refractivity contribution in [2.45, 2.75) is 146 Å². The number of likely N-dealkylation sites (N-methyl/N-ethyl adjacent to an activating group) is 1. The summed E-state index contributed by atoms with van der Waals surface area (Å²) in [5.74, 6) is 11.2. The van der Waals surface area contributed by atoms with Crippen LogP contribution < -0.4 is 16.0 Å². The van der Waals surface area contributed by atoms with Crippen LogP contribution in [-0.4, -0.2) is 144 Å². The van der Waals surface area contributed by atoms with Gasteiger partial charge in [-0.25, -0.2) is 0 Å². The highest BCUT2D eigenvalue weighted by Gasteiger charge is 2.51. The molecule has 6 aliphatic heterocycles. The Labute approximate surface area is 413 Å². The SMILES string of the molecule is CC[C@@H](C)C(=O)N[C@H]1CCC[C@H]2C[C@H]3CCN(C(=O)C(OCC#CC#CCOC(C(=O)N4CC[C@@H]5C[C@@H]6CCC[C@H](NC(=O)[C@H](C)NC)C(=O)N6[C@@H]5C4)c4ccccc4)c4ccccc4)C[C@H]3N2C1=O. The van der Waals surface area contributed by atoms with Gasteiger partial charge in [-0.1, -0.05) is 86.4 Å². The van der Waals surface area contributed by atoms with E-state index in [0.29, 0.717) is 62.5 Å². The maximum atomic E-state index is 14.4. The van der Waals surface area contributed by atoms with Crippen molar-refractivity contribution in [2.75, 3.05) is 46.4 Å². The Kier molecular flexibility index (Phi) is 17.0. The summed E-state index contributed by atoms with van der Waals surface area (Å²) in [7, 11) is 1.72. The summed E-state index contributed by atoms with van der Waals surface area (Å²) >= 11 is 0. The molecule has 0 aromatic heterocycles. The average molecular weight is 958 g/mol. The second-order valence-corrected chi connectivity index (χ2v) is 20.2. The highest BCUT2D eigenvalue weighted by molar-refractivity contribution is 5.91. The lowest BCUT2D eigenvalue weighted by Crippen LogP contribution is -2.58. The summed E-state index contributed by atoms with van der Waals surface area (Å²) in [4.78, 5) is 90.2. The molecule has 0 bridgehead atoms. The Morgan fingerprint density at radius 3 is 1.51 bits per heavy atom. The fraction of sp³-hybridized carbons (Fsp3) is 0.600. The smallest absolute Gasteiger partial charge is 0.256 e. The van der Waals surface area contributed by atoms with Gasteiger partial charge in [-0.3, -0.25) is 28.8 Å². The van der Waals surface area contributed by atoms with Gasteiger partial charge in [-0.05, 0) is 119 Å². The van der Waals surface area contributed by atoms with E-state index in [9.17, 15) is 28.8 Å². The van der Waals surface area contributed by atoms with Gasteiger partial charge in [0.1, 0.15) is 25.3 Å². The number of amides is 6. The zero-order valence-corrected chi connectivity index (χ0v) is 41.3. The molecule has 0 spiro atoms. The molecule has 2 unspecified atom stereocenters. The summed E-state index contributed by atoms with van der Waals surface area (Å²) in [6.07, 6.45) is 6.96. The first kappa shape index (κ1) is 50.6. The van der Waals surface area contributed by atoms with E-state index in [1.165, 1.54) is 0 Å². The summed E-state index contributed by atoms with van der Waals surface area (Å²) in [6.45, 7) is 7.42. The van der Waals surface area contributed by atoms with Crippen molar-refractivity contribution in [2.24, 2.45) is 17.8 Å². The Bertz CT molecular complexity index is 2170. The average Bonchev–Trinajstić information content (AvgIpc) is 3.84. The lowest BCUT2D eigenvalue weighted by atomic mass is 9.89. The van der Waals surface area contributed by atoms with E-state index in [4.69, 9.17) is 9.47 Å². The first-order chi connectivity index (χ1) is 34.0. The van der Waals surface area contributed by atoms with Gasteiger partial charge < -0.3 is 45.0 Å². The van der Waals surface area contributed by atoms with Crippen molar-refractivity contribution in [3.63, 3.8) is 0 Å². The predicted octanol–water partition coefficient (Wildman–Crippen LogP) is 4.14. The minimum Gasteiger partial charge on any atom is -0.351 e. The molecular weight excluding hydrogens is 887 g/mol. The van der Waals surface area contributed by atoms with Crippen molar-refractivity contribution < 1.29 is 38.2 Å². The number of hydrogen-bond acceptors (Lipinski definition) is 9. The van der Waals surface area contributed by atoms with E-state index in [0.717, 1.165) is 51.4 Å². The molecule has 0 aliphatic carbocycles. The molecule has 0 saturated carbocycles. The molecule has 70 heavy (non-hydrogen) atoms. The van der Waals surface area contributed by atoms with Gasteiger partial charge in [0, 0.05) is 44.2 Å². The van der Waals surface area contributed by atoms with Crippen LogP contribution in [-0.2, 0) is 38.2 Å². The van der Waals surface area contributed by atoms with Crippen molar-refractivity contribution >= 4 is 35.4 Å². The molecule has 3 N–H and O–H groups in total. The number of nitrogens with one attached hydrogen (secondary N) is 3. The van der Waals surface area contributed by atoms with Gasteiger partial charge in [0.25, 0.3) is 11.8 Å². The van der Waals surface area contributed by atoms with Crippen molar-refractivity contribution in [1.29, 1.82) is 0 Å². The van der Waals surface area contributed by atoms with Crippen LogP contribution in [0.4, 0.5) is 0 Å². The largest absolute Gasteiger partial charge is 0.351 e. The number of ether oxygens (including phenoxy) is 2. The zero-order chi connectivity index (χ0) is 49.3. The molecule has 374 valence electrons. The quantitative estimate of drug-likeness (QED) is 0.236. The topological polar surface area (TPSA) is 170 Å². The van der Waals surface area contributed by atoms with Gasteiger partial charge in [0.15, 0.2) is 12.2 Å². The van der Waals surface area contributed by atoms with Gasteiger partial charge in [-0.15, -0.1) is 0 Å². The monoisotopic (exact) mass is 958 g/mol. The fourth-order valence-electron chi connectivity index (χ4n) is 11.7. The molecule has 6 saturated heterocycles. The predicted molar refractivity (Wildman–Crippen MR) is 263 cm³/mol. The summed E-state index contributed by atoms with van der Waals surface area (Å²) in [6, 6.07) is 17.1. The number of fused-ring (bicyclic) bond motifs is 6. The maximum Gasteiger partial charge on any atom is 0.256 e. The third-order valence-corrected chi connectivity index (χ3v) is 15.9. The van der Waals surface area contributed by atoms with Crippen LogP contribution in [0.5, 0.6) is 0 Å². The third-order valence-electron chi connectivity index (χ3n) is 15.9. The van der Waals surface area contributed by atoms with Crippen LogP contribution in [0.3, 0.4) is 0 Å². The number of rotatable bonds is 14. The number of likely N-dealkylation sites (tertiary alicyclic amines) is 2. The first-order valence-corrected chi connectivity index (χ1v) is 25.8. The Morgan fingerprint density at radius 2 is 1.09 bits per heavy atom. The molecule has 0 radical (unpaired) electrons. The molecule has 6 amide bonds. The Morgan fingerprint density at radius 1 is 0.643 bits per heavy atom. The van der Waals surface area contributed by atoms with E-state index in [2.05, 4.69) is 39.6 Å². The number of benzene rings is 2. The molecule has 2 aromatic carbocycles. The molecule has 15 heteroatoms. The van der Waals surface area contributed by atoms with Gasteiger partial charge >= 0.3 is 0 Å². The minimum absolute atomic E-state index is 0.0343. The normalized spacial score (nSPS) is 27.8. The van der Waals surface area contributed by atoms with Gasteiger partial charge in [0.05, 0.1) is 18.1 Å². The number of carbonyl (C=O) groups is 6. The standard InChI is InChI=1S/C55H71N7O8/c1-5-36(2)50(63)57-44-24-16-22-42-32-40-26-28-59(34-46(40)61(42)52(44)65)54(67)48(38-18-10-8-11-19-38)69-30-14-6-7-15-31-70-49(39-20-12-9-13-21-39)55(68)60-29-27-41-33-43-23-17-25-45(58-51(64)37(3)56-4)53(66)62(43)47(41)35-60/h8-13,18-21,36-37,40-49,56H,5,16-17,22-35H2,1-4H3,(H,57,63)(H,58,64)/t36-,37+,40-,41-,42+,43+,44+,45+,46-,47-,48?,49?/m1/s1. The van der Waals surface area contributed by atoms with Crippen molar-refractivity contribution in [3.8, 4) is 23.7 Å². The van der Waals surface area contributed by atoms with Crippen molar-refractivity contribution in [1.82, 2.24) is 35.6 Å². The molecule has 6 aliphatic rings. The summed E-state index contributed by atoms with van der Waals surface area (Å²) < 4.78 is 12.4. The van der Waals surface area contributed by atoms with Gasteiger partial charge in [0.2, 0.25) is 23.6 Å². The molecule has 8 rings (SSSR count). The maximum absolute atomic E-state index is 14.4. The van der Waals surface area contributed by atoms with E-state index in [1.807, 2.05) is 94.1 Å². The summed E-state index contributed by atoms with van der Waals surface area (Å²) in [5.41, 5.74) is 1.41. The highest BCUT2D eigenvalue weighted by atomic mass is 16.5. The van der Waals surface area contributed by atoms with Gasteiger partial charge in [-0.2, -0.15) is 0 Å². The molecule has 2 aromatic rings. The van der Waals surface area contributed by atoms with Crippen LogP contribution in [0.15, 0.2) is 60.7 Å². The van der Waals surface area contributed by atoms with Crippen LogP contribution in [0.1, 0.15) is 115 Å². The molecule has 12 atom stereocenters. The number of piperidine rings is 2. The Balaban J connectivity index is 0.879. The number of hydrogen-bond donors (Lipinski definition) is 3. The van der Waals surface area contributed by atoms with Crippen molar-refractivity contribution in [3.05, 3.63) is 71.8 Å². The third kappa shape index (κ3) is 11.4. The number of carbonyl (C=O) groups excluding carboxylic acids is 6. The lowest BCUT2D eigenvalue weighted by molar-refractivity contribution is -0.149. The number of nitrogens with zero attached hydrogens (tertiary/aromatic N) is 4. The molecule has 6 heterocycles. The fourth-order valence-corrected chi connectivity index (χ4v) is 11.7. The van der Waals surface area contributed by atoms with E-state index in [1.54, 1.807) is 14.0 Å². The second kappa shape index (κ2) is 23.4. The van der Waals surface area contributed by atoms with E-state index < -0.39 is 30.3 Å². The van der Waals surface area contributed by atoms with E-state index in [-0.39, 0.29) is 84.7 Å². The van der Waals surface area contributed by atoms with E-state index >= 15 is 0 Å². The molecular formula is C55H71N7O8. The first-order valence-electron chi connectivity index (χ1n) is 25.8. The van der Waals surface area contributed by atoms with Crippen LogP contribution >= 0.6 is 0 Å². The molecule has 6 fully saturated rings. The summed E-state index contributed by atoms with van der Waals surface area (Å²) in [5, 5.41) is 8.97. The van der Waals surface area contributed by atoms with Crippen LogP contribution in [0.25, 0.3) is 0 Å². The minimum atomic E-state index is -0.914. The lowest BCUT2D eigenvalue weighted by Gasteiger charge is -2.41.